The predicted octanol–water partition coefficient (Wildman–Crippen LogP) is 2.61. The monoisotopic (exact) mass is 347 g/mol. The van der Waals surface area contributed by atoms with E-state index in [-0.39, 0.29) is 10.8 Å². The second-order valence-corrected chi connectivity index (χ2v) is 8.27. The van der Waals surface area contributed by atoms with Gasteiger partial charge in [0.2, 0.25) is 0 Å². The third-order valence-corrected chi connectivity index (χ3v) is 4.49. The van der Waals surface area contributed by atoms with Crippen LogP contribution in [-0.2, 0) is 10.2 Å². The van der Waals surface area contributed by atoms with Crippen LogP contribution < -0.4 is 10.6 Å². The molecule has 2 rings (SSSR count). The smallest absolute Gasteiger partial charge is 0.191 e. The van der Waals surface area contributed by atoms with Crippen LogP contribution in [0.25, 0.3) is 0 Å². The Kier molecular flexibility index (Phi) is 6.47. The second-order valence-electron chi connectivity index (χ2n) is 8.27. The highest BCUT2D eigenvalue weighted by atomic mass is 16.5. The topological polar surface area (TPSA) is 65.9 Å². The molecule has 5 heteroatoms. The Morgan fingerprint density at radius 3 is 2.36 bits per heavy atom. The lowest BCUT2D eigenvalue weighted by atomic mass is 9.86. The Morgan fingerprint density at radius 1 is 1.24 bits per heavy atom. The van der Waals surface area contributed by atoms with Crippen LogP contribution in [0, 0.1) is 5.41 Å². The highest BCUT2D eigenvalue weighted by Crippen LogP contribution is 2.26. The maximum Gasteiger partial charge on any atom is 0.191 e. The van der Waals surface area contributed by atoms with E-state index in [2.05, 4.69) is 55.5 Å². The molecule has 1 saturated heterocycles. The highest BCUT2D eigenvalue weighted by Gasteiger charge is 2.33. The van der Waals surface area contributed by atoms with Gasteiger partial charge in [0.15, 0.2) is 5.96 Å². The lowest BCUT2D eigenvalue weighted by molar-refractivity contribution is -0.0945. The zero-order valence-electron chi connectivity index (χ0n) is 16.2. The van der Waals surface area contributed by atoms with Crippen molar-refractivity contribution in [3.05, 3.63) is 35.4 Å². The summed E-state index contributed by atoms with van der Waals surface area (Å²) < 4.78 is 5.27. The predicted molar refractivity (Wildman–Crippen MR) is 103 cm³/mol. The molecular weight excluding hydrogens is 314 g/mol. The molecule has 3 N–H and O–H groups in total. The van der Waals surface area contributed by atoms with Crippen molar-refractivity contribution in [1.82, 2.24) is 10.6 Å². The van der Waals surface area contributed by atoms with Crippen LogP contribution in [0.5, 0.6) is 0 Å². The summed E-state index contributed by atoms with van der Waals surface area (Å²) in [7, 11) is 0. The molecule has 0 amide bonds. The van der Waals surface area contributed by atoms with Gasteiger partial charge in [-0.15, -0.1) is 0 Å². The van der Waals surface area contributed by atoms with Gasteiger partial charge >= 0.3 is 0 Å². The largest absolute Gasteiger partial charge is 0.387 e. The SMILES string of the molecule is CCNC(=NCC1(C)COC1)NCC(O)c1ccc(C(C)(C)C)cc1. The molecule has 1 fully saturated rings. The van der Waals surface area contributed by atoms with Crippen LogP contribution in [0.15, 0.2) is 29.3 Å². The molecular formula is C20H33N3O2. The molecule has 25 heavy (non-hydrogen) atoms. The number of aliphatic hydroxyl groups is 1. The Labute approximate surface area is 151 Å². The molecule has 1 unspecified atom stereocenters. The number of guanidine groups is 1. The van der Waals surface area contributed by atoms with Crippen molar-refractivity contribution in [2.45, 2.75) is 46.1 Å². The molecule has 0 saturated carbocycles. The molecule has 0 spiro atoms. The van der Waals surface area contributed by atoms with Crippen molar-refractivity contribution in [2.75, 3.05) is 32.8 Å². The molecule has 1 aromatic rings. The first kappa shape index (κ1) is 19.7. The Balaban J connectivity index is 1.91. The maximum atomic E-state index is 10.5. The Hall–Kier alpha value is -1.59. The number of aliphatic hydroxyl groups excluding tert-OH is 1. The summed E-state index contributed by atoms with van der Waals surface area (Å²) in [6, 6.07) is 8.19. The first-order valence-corrected chi connectivity index (χ1v) is 9.12. The number of ether oxygens (including phenoxy) is 1. The minimum atomic E-state index is -0.569. The average Bonchev–Trinajstić information content (AvgIpc) is 2.54. The van der Waals surface area contributed by atoms with Gasteiger partial charge in [0.1, 0.15) is 0 Å². The van der Waals surface area contributed by atoms with Crippen LogP contribution in [0.4, 0.5) is 0 Å². The second kappa shape index (κ2) is 8.19. The van der Waals surface area contributed by atoms with Crippen molar-refractivity contribution >= 4 is 5.96 Å². The number of nitrogens with zero attached hydrogens (tertiary/aromatic N) is 1. The molecule has 5 nitrogen and oxygen atoms in total. The van der Waals surface area contributed by atoms with Gasteiger partial charge in [-0.25, -0.2) is 0 Å². The molecule has 0 bridgehead atoms. The fourth-order valence-corrected chi connectivity index (χ4v) is 2.67. The summed E-state index contributed by atoms with van der Waals surface area (Å²) in [4.78, 5) is 4.62. The third kappa shape index (κ3) is 5.72. The number of hydrogen-bond acceptors (Lipinski definition) is 3. The van der Waals surface area contributed by atoms with E-state index >= 15 is 0 Å². The van der Waals surface area contributed by atoms with Crippen LogP contribution >= 0.6 is 0 Å². The molecule has 1 aromatic carbocycles. The van der Waals surface area contributed by atoms with Crippen molar-refractivity contribution in [2.24, 2.45) is 10.4 Å². The van der Waals surface area contributed by atoms with Crippen molar-refractivity contribution < 1.29 is 9.84 Å². The minimum Gasteiger partial charge on any atom is -0.387 e. The van der Waals surface area contributed by atoms with E-state index < -0.39 is 6.10 Å². The van der Waals surface area contributed by atoms with E-state index in [9.17, 15) is 5.11 Å². The highest BCUT2D eigenvalue weighted by molar-refractivity contribution is 5.79. The summed E-state index contributed by atoms with van der Waals surface area (Å²) >= 11 is 0. The lowest BCUT2D eigenvalue weighted by Gasteiger charge is -2.36. The Morgan fingerprint density at radius 2 is 1.88 bits per heavy atom. The van der Waals surface area contributed by atoms with Crippen LogP contribution in [0.2, 0.25) is 0 Å². The van der Waals surface area contributed by atoms with Gasteiger partial charge in [-0.1, -0.05) is 52.0 Å². The number of nitrogens with one attached hydrogen (secondary N) is 2. The van der Waals surface area contributed by atoms with E-state index in [0.717, 1.165) is 37.8 Å². The molecule has 0 aliphatic carbocycles. The number of benzene rings is 1. The average molecular weight is 348 g/mol. The third-order valence-electron chi connectivity index (χ3n) is 4.49. The van der Waals surface area contributed by atoms with Gasteiger partial charge in [-0.2, -0.15) is 0 Å². The van der Waals surface area contributed by atoms with E-state index in [4.69, 9.17) is 4.74 Å². The van der Waals surface area contributed by atoms with E-state index in [1.165, 1.54) is 5.56 Å². The molecule has 1 heterocycles. The summed E-state index contributed by atoms with van der Waals surface area (Å²) in [5.41, 5.74) is 2.44. The van der Waals surface area contributed by atoms with Gasteiger partial charge in [-0.05, 0) is 23.5 Å². The number of hydrogen-bond donors (Lipinski definition) is 3. The molecule has 1 aliphatic heterocycles. The van der Waals surface area contributed by atoms with Crippen LogP contribution in [0.1, 0.15) is 51.8 Å². The Bertz CT molecular complexity index is 572. The van der Waals surface area contributed by atoms with Crippen molar-refractivity contribution in [3.8, 4) is 0 Å². The first-order chi connectivity index (χ1) is 11.7. The fourth-order valence-electron chi connectivity index (χ4n) is 2.67. The molecule has 140 valence electrons. The van der Waals surface area contributed by atoms with Crippen molar-refractivity contribution in [1.29, 1.82) is 0 Å². The molecule has 0 radical (unpaired) electrons. The summed E-state index contributed by atoms with van der Waals surface area (Å²) in [5.74, 6) is 0.737. The summed E-state index contributed by atoms with van der Waals surface area (Å²) in [6.45, 7) is 14.2. The number of aliphatic imine (C=N–C) groups is 1. The van der Waals surface area contributed by atoms with E-state index in [0.29, 0.717) is 6.54 Å². The molecule has 1 atom stereocenters. The lowest BCUT2D eigenvalue weighted by Crippen LogP contribution is -2.45. The van der Waals surface area contributed by atoms with Crippen LogP contribution in [-0.4, -0.2) is 43.9 Å². The minimum absolute atomic E-state index is 0.119. The van der Waals surface area contributed by atoms with Gasteiger partial charge in [0, 0.05) is 18.5 Å². The molecule has 0 aromatic heterocycles. The normalized spacial score (nSPS) is 18.4. The van der Waals surface area contributed by atoms with E-state index in [1.807, 2.05) is 19.1 Å². The molecule has 1 aliphatic rings. The number of rotatable bonds is 6. The summed E-state index contributed by atoms with van der Waals surface area (Å²) in [6.07, 6.45) is -0.569. The quantitative estimate of drug-likeness (QED) is 0.547. The van der Waals surface area contributed by atoms with Crippen molar-refractivity contribution in [3.63, 3.8) is 0 Å². The zero-order chi connectivity index (χ0) is 18.5. The van der Waals surface area contributed by atoms with Gasteiger partial charge in [-0.3, -0.25) is 4.99 Å². The van der Waals surface area contributed by atoms with Gasteiger partial charge in [0.05, 0.1) is 25.9 Å². The van der Waals surface area contributed by atoms with Crippen LogP contribution in [0.3, 0.4) is 0 Å². The maximum absolute atomic E-state index is 10.5. The van der Waals surface area contributed by atoms with E-state index in [1.54, 1.807) is 0 Å². The zero-order valence-corrected chi connectivity index (χ0v) is 16.2. The fraction of sp³-hybridized carbons (Fsp3) is 0.650. The van der Waals surface area contributed by atoms with Gasteiger partial charge < -0.3 is 20.5 Å². The standard InChI is InChI=1S/C20H33N3O2/c1-6-21-18(23-12-20(5)13-25-14-20)22-11-17(24)15-7-9-16(10-8-15)19(2,3)4/h7-10,17,24H,6,11-14H2,1-5H3,(H2,21,22,23). The first-order valence-electron chi connectivity index (χ1n) is 9.12. The van der Waals surface area contributed by atoms with Gasteiger partial charge in [0.25, 0.3) is 0 Å². The summed E-state index contributed by atoms with van der Waals surface area (Å²) in [5, 5.41) is 16.9.